The molecule has 4 N–H and O–H groups in total. The molecule has 0 fully saturated rings. The van der Waals surface area contributed by atoms with Gasteiger partial charge in [-0.15, -0.1) is 0 Å². The zero-order valence-electron chi connectivity index (χ0n) is 6.49. The topological polar surface area (TPSA) is 58.3 Å². The Balaban J connectivity index is 2.48. The summed E-state index contributed by atoms with van der Waals surface area (Å²) < 4.78 is 0. The summed E-state index contributed by atoms with van der Waals surface area (Å²) in [6, 6.07) is 5.55. The Labute approximate surface area is 70.5 Å². The Kier molecular flexibility index (Phi) is 1.60. The number of anilines is 1. The van der Waals surface area contributed by atoms with Crippen molar-refractivity contribution in [2.45, 2.75) is 6.04 Å². The second-order valence-corrected chi connectivity index (χ2v) is 2.84. The summed E-state index contributed by atoms with van der Waals surface area (Å²) in [4.78, 5) is 0. The Morgan fingerprint density at radius 2 is 2.25 bits per heavy atom. The Morgan fingerprint density at radius 3 is 3.00 bits per heavy atom. The molecular weight excluding hydrogens is 152 g/mol. The molecule has 0 spiro atoms. The Bertz CT molecular complexity index is 333. The van der Waals surface area contributed by atoms with E-state index < -0.39 is 0 Å². The van der Waals surface area contributed by atoms with E-state index in [1.165, 1.54) is 0 Å². The number of benzene rings is 1. The lowest BCUT2D eigenvalue weighted by Gasteiger charge is -2.06. The van der Waals surface area contributed by atoms with Gasteiger partial charge in [-0.25, -0.2) is 0 Å². The van der Waals surface area contributed by atoms with Crippen LogP contribution in [0, 0.1) is 0 Å². The third-order valence-corrected chi connectivity index (χ3v) is 2.06. The van der Waals surface area contributed by atoms with Gasteiger partial charge in [0.1, 0.15) is 0 Å². The summed E-state index contributed by atoms with van der Waals surface area (Å²) in [6.45, 7) is 0. The molecule has 1 aromatic rings. The number of fused-ring (bicyclic) bond motifs is 1. The van der Waals surface area contributed by atoms with Crippen LogP contribution in [-0.4, -0.2) is 5.21 Å². The molecule has 0 aromatic heterocycles. The molecule has 0 radical (unpaired) electrons. The van der Waals surface area contributed by atoms with E-state index in [9.17, 15) is 0 Å². The quantitative estimate of drug-likeness (QED) is 0.548. The van der Waals surface area contributed by atoms with E-state index in [4.69, 9.17) is 10.9 Å². The predicted molar refractivity (Wildman–Crippen MR) is 47.8 cm³/mol. The van der Waals surface area contributed by atoms with Gasteiger partial charge in [-0.05, 0) is 23.3 Å². The second-order valence-electron chi connectivity index (χ2n) is 2.84. The maximum atomic E-state index is 8.64. The van der Waals surface area contributed by atoms with Crippen molar-refractivity contribution in [3.8, 4) is 0 Å². The van der Waals surface area contributed by atoms with Crippen molar-refractivity contribution in [3.63, 3.8) is 0 Å². The van der Waals surface area contributed by atoms with Crippen LogP contribution in [0.4, 0.5) is 5.69 Å². The smallest absolute Gasteiger partial charge is 0.0605 e. The van der Waals surface area contributed by atoms with Crippen molar-refractivity contribution in [2.75, 3.05) is 5.48 Å². The van der Waals surface area contributed by atoms with Crippen LogP contribution in [0.25, 0.3) is 6.08 Å². The average molecular weight is 162 g/mol. The van der Waals surface area contributed by atoms with Crippen molar-refractivity contribution >= 4 is 11.8 Å². The molecule has 0 aliphatic heterocycles. The number of nitrogens with two attached hydrogens (primary N) is 1. The van der Waals surface area contributed by atoms with E-state index in [0.29, 0.717) is 5.69 Å². The summed E-state index contributed by atoms with van der Waals surface area (Å²) in [5.74, 6) is 0. The lowest BCUT2D eigenvalue weighted by atomic mass is 10.1. The molecule has 1 atom stereocenters. The first-order valence-electron chi connectivity index (χ1n) is 3.79. The van der Waals surface area contributed by atoms with E-state index in [1.807, 2.05) is 24.3 Å². The fourth-order valence-corrected chi connectivity index (χ4v) is 1.40. The molecule has 0 saturated heterocycles. The highest BCUT2D eigenvalue weighted by molar-refractivity contribution is 5.65. The highest BCUT2D eigenvalue weighted by Gasteiger charge is 2.12. The Morgan fingerprint density at radius 1 is 1.42 bits per heavy atom. The molecule has 1 aliphatic rings. The number of hydrogen-bond acceptors (Lipinski definition) is 3. The fraction of sp³-hybridized carbons (Fsp3) is 0.111. The third kappa shape index (κ3) is 0.995. The van der Waals surface area contributed by atoms with Gasteiger partial charge >= 0.3 is 0 Å². The standard InChI is InChI=1S/C9H10N2O/c10-9-4-2-6-1-3-7(11-12)5-8(6)9/h1-5,9,11-12H,10H2/t9-/m0/s1. The summed E-state index contributed by atoms with van der Waals surface area (Å²) in [5.41, 5.74) is 10.7. The van der Waals surface area contributed by atoms with E-state index in [1.54, 1.807) is 6.07 Å². The zero-order chi connectivity index (χ0) is 8.55. The van der Waals surface area contributed by atoms with Crippen LogP contribution in [0.2, 0.25) is 0 Å². The molecule has 0 heterocycles. The number of hydrogen-bond donors (Lipinski definition) is 3. The first kappa shape index (κ1) is 7.34. The molecule has 0 saturated carbocycles. The number of rotatable bonds is 1. The molecule has 2 rings (SSSR count). The van der Waals surface area contributed by atoms with Crippen molar-refractivity contribution in [1.82, 2.24) is 0 Å². The second kappa shape index (κ2) is 2.62. The molecule has 3 heteroatoms. The highest BCUT2D eigenvalue weighted by atomic mass is 16.5. The van der Waals surface area contributed by atoms with Gasteiger partial charge in [0.2, 0.25) is 0 Å². The van der Waals surface area contributed by atoms with Gasteiger partial charge < -0.3 is 5.73 Å². The monoisotopic (exact) mass is 162 g/mol. The summed E-state index contributed by atoms with van der Waals surface area (Å²) in [6.07, 6.45) is 3.92. The van der Waals surface area contributed by atoms with Gasteiger partial charge in [-0.2, -0.15) is 0 Å². The van der Waals surface area contributed by atoms with E-state index in [2.05, 4.69) is 5.48 Å². The molecular formula is C9H10N2O. The van der Waals surface area contributed by atoms with Crippen LogP contribution in [0.5, 0.6) is 0 Å². The molecule has 0 unspecified atom stereocenters. The zero-order valence-corrected chi connectivity index (χ0v) is 6.49. The van der Waals surface area contributed by atoms with Crippen molar-refractivity contribution < 1.29 is 5.21 Å². The fourth-order valence-electron chi connectivity index (χ4n) is 1.40. The predicted octanol–water partition coefficient (Wildman–Crippen LogP) is 1.51. The SMILES string of the molecule is N[C@H]1C=Cc2ccc(NO)cc21. The maximum Gasteiger partial charge on any atom is 0.0605 e. The minimum Gasteiger partial charge on any atom is -0.321 e. The Hall–Kier alpha value is -1.32. The minimum atomic E-state index is -0.0340. The highest BCUT2D eigenvalue weighted by Crippen LogP contribution is 2.28. The summed E-state index contributed by atoms with van der Waals surface area (Å²) in [7, 11) is 0. The van der Waals surface area contributed by atoms with Crippen molar-refractivity contribution in [3.05, 3.63) is 35.4 Å². The molecule has 0 amide bonds. The first-order chi connectivity index (χ1) is 5.81. The minimum absolute atomic E-state index is 0.0340. The van der Waals surface area contributed by atoms with E-state index >= 15 is 0 Å². The van der Waals surface area contributed by atoms with Crippen molar-refractivity contribution in [1.29, 1.82) is 0 Å². The first-order valence-corrected chi connectivity index (χ1v) is 3.79. The molecule has 1 aliphatic carbocycles. The lowest BCUT2D eigenvalue weighted by Crippen LogP contribution is -2.05. The number of nitrogens with one attached hydrogen (secondary N) is 1. The van der Waals surface area contributed by atoms with Crippen LogP contribution < -0.4 is 11.2 Å². The van der Waals surface area contributed by atoms with Gasteiger partial charge in [0, 0.05) is 6.04 Å². The van der Waals surface area contributed by atoms with Gasteiger partial charge in [0.15, 0.2) is 0 Å². The van der Waals surface area contributed by atoms with Gasteiger partial charge in [-0.1, -0.05) is 18.2 Å². The van der Waals surface area contributed by atoms with Crippen LogP contribution in [0.15, 0.2) is 24.3 Å². The average Bonchev–Trinajstić information content (AvgIpc) is 2.47. The summed E-state index contributed by atoms with van der Waals surface area (Å²) >= 11 is 0. The molecule has 0 bridgehead atoms. The lowest BCUT2D eigenvalue weighted by molar-refractivity contribution is 0.389. The van der Waals surface area contributed by atoms with E-state index in [0.717, 1.165) is 11.1 Å². The van der Waals surface area contributed by atoms with Gasteiger partial charge in [0.25, 0.3) is 0 Å². The molecule has 3 nitrogen and oxygen atoms in total. The molecule has 62 valence electrons. The largest absolute Gasteiger partial charge is 0.321 e. The van der Waals surface area contributed by atoms with E-state index in [-0.39, 0.29) is 6.04 Å². The maximum absolute atomic E-state index is 8.64. The molecule has 12 heavy (non-hydrogen) atoms. The van der Waals surface area contributed by atoms with Crippen LogP contribution in [0.1, 0.15) is 17.2 Å². The molecule has 1 aromatic carbocycles. The van der Waals surface area contributed by atoms with Crippen LogP contribution in [-0.2, 0) is 0 Å². The third-order valence-electron chi connectivity index (χ3n) is 2.06. The van der Waals surface area contributed by atoms with Gasteiger partial charge in [-0.3, -0.25) is 10.7 Å². The van der Waals surface area contributed by atoms with Crippen LogP contribution >= 0.6 is 0 Å². The summed E-state index contributed by atoms with van der Waals surface area (Å²) in [5, 5.41) is 8.64. The van der Waals surface area contributed by atoms with Gasteiger partial charge in [0.05, 0.1) is 5.69 Å². The van der Waals surface area contributed by atoms with Crippen molar-refractivity contribution in [2.24, 2.45) is 5.73 Å². The van der Waals surface area contributed by atoms with Crippen LogP contribution in [0.3, 0.4) is 0 Å². The normalized spacial score (nSPS) is 19.3.